The van der Waals surface area contributed by atoms with Crippen molar-refractivity contribution in [3.63, 3.8) is 0 Å². The smallest absolute Gasteiger partial charge is 0.0858 e. The third-order valence-corrected chi connectivity index (χ3v) is 3.81. The van der Waals surface area contributed by atoms with Gasteiger partial charge in [0.05, 0.1) is 22.7 Å². The van der Waals surface area contributed by atoms with Gasteiger partial charge >= 0.3 is 0 Å². The van der Waals surface area contributed by atoms with Crippen LogP contribution >= 0.6 is 0 Å². The summed E-state index contributed by atoms with van der Waals surface area (Å²) in [5.41, 5.74) is 5.54. The van der Waals surface area contributed by atoms with Crippen LogP contribution < -0.4 is 4.90 Å². The maximum absolute atomic E-state index is 4.26. The normalized spacial score (nSPS) is 11.3. The Kier molecular flexibility index (Phi) is 5.49. The molecule has 0 aliphatic rings. The molecule has 0 bridgehead atoms. The minimum atomic E-state index is 0.774. The van der Waals surface area contributed by atoms with E-state index in [1.54, 1.807) is 0 Å². The lowest BCUT2D eigenvalue weighted by Crippen LogP contribution is -2.07. The Labute approximate surface area is 153 Å². The molecule has 0 radical (unpaired) electrons. The highest BCUT2D eigenvalue weighted by atomic mass is 15.1. The lowest BCUT2D eigenvalue weighted by atomic mass is 10.2. The van der Waals surface area contributed by atoms with Crippen LogP contribution in [0.1, 0.15) is 5.56 Å². The van der Waals surface area contributed by atoms with Gasteiger partial charge in [0.1, 0.15) is 0 Å². The van der Waals surface area contributed by atoms with Crippen LogP contribution in [0.25, 0.3) is 0 Å². The van der Waals surface area contributed by atoms with Gasteiger partial charge in [-0.25, -0.2) is 0 Å². The van der Waals surface area contributed by atoms with Crippen molar-refractivity contribution in [3.05, 3.63) is 78.4 Å². The summed E-state index contributed by atoms with van der Waals surface area (Å²) in [6.07, 6.45) is 0. The van der Waals surface area contributed by atoms with Gasteiger partial charge in [-0.15, -0.1) is 0 Å². The molecule has 5 nitrogen and oxygen atoms in total. The summed E-state index contributed by atoms with van der Waals surface area (Å²) in [6, 6.07) is 23.4. The number of benzene rings is 3. The van der Waals surface area contributed by atoms with E-state index in [1.165, 1.54) is 5.56 Å². The molecule has 0 N–H and O–H groups in total. The Bertz CT molecular complexity index is 893. The van der Waals surface area contributed by atoms with Gasteiger partial charge in [-0.05, 0) is 67.6 Å². The molecule has 0 aromatic heterocycles. The molecule has 3 aromatic rings. The van der Waals surface area contributed by atoms with Gasteiger partial charge in [0.25, 0.3) is 0 Å². The molecule has 3 aromatic carbocycles. The Morgan fingerprint density at radius 2 is 0.808 bits per heavy atom. The second kappa shape index (κ2) is 8.16. The van der Waals surface area contributed by atoms with E-state index in [0.29, 0.717) is 0 Å². The predicted molar refractivity (Wildman–Crippen MR) is 107 cm³/mol. The standard InChI is InChI=1S/C21H21N5/c1-16-4-6-17(7-5-16)22-23-18-8-10-19(11-9-18)24-25-20-12-14-21(15-13-20)26(2)3/h4-15H,1-3H3/b23-22+,25-24+. The van der Waals surface area contributed by atoms with Crippen LogP contribution in [0.3, 0.4) is 0 Å². The number of hydrogen-bond acceptors (Lipinski definition) is 5. The molecule has 0 heterocycles. The third-order valence-electron chi connectivity index (χ3n) is 3.81. The zero-order chi connectivity index (χ0) is 18.4. The molecule has 0 atom stereocenters. The Hall–Kier alpha value is -3.34. The fourth-order valence-corrected chi connectivity index (χ4v) is 2.25. The maximum Gasteiger partial charge on any atom is 0.0858 e. The van der Waals surface area contributed by atoms with Crippen molar-refractivity contribution in [1.29, 1.82) is 0 Å². The van der Waals surface area contributed by atoms with E-state index < -0.39 is 0 Å². The molecule has 130 valence electrons. The molecule has 0 aliphatic heterocycles. The summed E-state index contributed by atoms with van der Waals surface area (Å²) < 4.78 is 0. The van der Waals surface area contributed by atoms with Crippen molar-refractivity contribution in [3.8, 4) is 0 Å². The SMILES string of the molecule is Cc1ccc(/N=N/c2ccc(/N=N/c3ccc(N(C)C)cc3)cc2)cc1. The van der Waals surface area contributed by atoms with E-state index in [9.17, 15) is 0 Å². The largest absolute Gasteiger partial charge is 0.378 e. The summed E-state index contributed by atoms with van der Waals surface area (Å²) in [6.45, 7) is 2.05. The van der Waals surface area contributed by atoms with Gasteiger partial charge in [-0.2, -0.15) is 20.5 Å². The van der Waals surface area contributed by atoms with E-state index in [2.05, 4.69) is 20.5 Å². The highest BCUT2D eigenvalue weighted by Gasteiger charge is 1.96. The van der Waals surface area contributed by atoms with E-state index in [-0.39, 0.29) is 0 Å². The lowest BCUT2D eigenvalue weighted by Gasteiger charge is -2.11. The maximum atomic E-state index is 4.26. The summed E-state index contributed by atoms with van der Waals surface area (Å²) in [7, 11) is 4.02. The molecule has 5 heteroatoms. The van der Waals surface area contributed by atoms with Crippen molar-refractivity contribution in [2.75, 3.05) is 19.0 Å². The number of azo groups is 2. The molecule has 0 spiro atoms. The number of anilines is 1. The average molecular weight is 343 g/mol. The van der Waals surface area contributed by atoms with Gasteiger partial charge < -0.3 is 4.90 Å². The van der Waals surface area contributed by atoms with Crippen molar-refractivity contribution >= 4 is 28.4 Å². The molecule has 3 rings (SSSR count). The molecule has 0 aliphatic carbocycles. The molecule has 0 unspecified atom stereocenters. The monoisotopic (exact) mass is 343 g/mol. The van der Waals surface area contributed by atoms with Crippen molar-refractivity contribution in [2.24, 2.45) is 20.5 Å². The van der Waals surface area contributed by atoms with Crippen molar-refractivity contribution in [2.45, 2.75) is 6.92 Å². The molecule has 0 saturated carbocycles. The molecular weight excluding hydrogens is 322 g/mol. The molecule has 0 fully saturated rings. The fourth-order valence-electron chi connectivity index (χ4n) is 2.25. The Morgan fingerprint density at radius 3 is 1.15 bits per heavy atom. The molecule has 26 heavy (non-hydrogen) atoms. The minimum absolute atomic E-state index is 0.774. The molecule has 0 amide bonds. The van der Waals surface area contributed by atoms with Crippen molar-refractivity contribution in [1.82, 2.24) is 0 Å². The first-order valence-corrected chi connectivity index (χ1v) is 8.38. The summed E-state index contributed by atoms with van der Waals surface area (Å²) in [4.78, 5) is 2.05. The first-order chi connectivity index (χ1) is 12.6. The van der Waals surface area contributed by atoms with Crippen LogP contribution in [-0.2, 0) is 0 Å². The summed E-state index contributed by atoms with van der Waals surface area (Å²) >= 11 is 0. The van der Waals surface area contributed by atoms with Gasteiger partial charge in [-0.1, -0.05) is 17.7 Å². The van der Waals surface area contributed by atoms with Crippen LogP contribution in [0.4, 0.5) is 28.4 Å². The van der Waals surface area contributed by atoms with E-state index >= 15 is 0 Å². The van der Waals surface area contributed by atoms with E-state index in [4.69, 9.17) is 0 Å². The first-order valence-electron chi connectivity index (χ1n) is 8.38. The van der Waals surface area contributed by atoms with Crippen LogP contribution in [0.5, 0.6) is 0 Å². The number of aryl methyl sites for hydroxylation is 1. The minimum Gasteiger partial charge on any atom is -0.378 e. The van der Waals surface area contributed by atoms with E-state index in [1.807, 2.05) is 98.7 Å². The van der Waals surface area contributed by atoms with Gasteiger partial charge in [-0.3, -0.25) is 0 Å². The number of hydrogen-bond donors (Lipinski definition) is 0. The van der Waals surface area contributed by atoms with E-state index in [0.717, 1.165) is 28.4 Å². The number of nitrogens with zero attached hydrogens (tertiary/aromatic N) is 5. The highest BCUT2D eigenvalue weighted by molar-refractivity contribution is 5.52. The second-order valence-corrected chi connectivity index (χ2v) is 6.16. The summed E-state index contributed by atoms with van der Waals surface area (Å²) in [5, 5.41) is 17.0. The zero-order valence-corrected chi connectivity index (χ0v) is 15.2. The second-order valence-electron chi connectivity index (χ2n) is 6.16. The highest BCUT2D eigenvalue weighted by Crippen LogP contribution is 2.24. The number of rotatable bonds is 5. The van der Waals surface area contributed by atoms with Crippen LogP contribution in [0.15, 0.2) is 93.3 Å². The molecule has 0 saturated heterocycles. The van der Waals surface area contributed by atoms with Crippen molar-refractivity contribution < 1.29 is 0 Å². The third kappa shape index (κ3) is 4.83. The van der Waals surface area contributed by atoms with Crippen LogP contribution in [-0.4, -0.2) is 14.1 Å². The first kappa shape index (κ1) is 17.5. The van der Waals surface area contributed by atoms with Gasteiger partial charge in [0, 0.05) is 19.8 Å². The zero-order valence-electron chi connectivity index (χ0n) is 15.2. The average Bonchev–Trinajstić information content (AvgIpc) is 2.67. The van der Waals surface area contributed by atoms with Crippen LogP contribution in [0.2, 0.25) is 0 Å². The van der Waals surface area contributed by atoms with Gasteiger partial charge in [0.15, 0.2) is 0 Å². The Morgan fingerprint density at radius 1 is 0.500 bits per heavy atom. The predicted octanol–water partition coefficient (Wildman–Crippen LogP) is 6.89. The Balaban J connectivity index is 1.64. The van der Waals surface area contributed by atoms with Crippen LogP contribution in [0, 0.1) is 6.92 Å². The quantitative estimate of drug-likeness (QED) is 0.465. The molecular formula is C21H21N5. The fraction of sp³-hybridized carbons (Fsp3) is 0.143. The van der Waals surface area contributed by atoms with Gasteiger partial charge in [0.2, 0.25) is 0 Å². The topological polar surface area (TPSA) is 52.7 Å². The summed E-state index contributed by atoms with van der Waals surface area (Å²) in [5.74, 6) is 0. The lowest BCUT2D eigenvalue weighted by molar-refractivity contribution is 1.13.